The molecule has 0 aromatic heterocycles. The number of carbonyl (C=O) groups excluding carboxylic acids is 2. The minimum absolute atomic E-state index is 0.0247. The van der Waals surface area contributed by atoms with Gasteiger partial charge in [0.1, 0.15) is 0 Å². The molecule has 30 heavy (non-hydrogen) atoms. The maximum Gasteiger partial charge on any atom is 0.243 e. The predicted octanol–water partition coefficient (Wildman–Crippen LogP) is 4.26. The molecule has 0 saturated carbocycles. The number of amides is 2. The second-order valence-corrected chi connectivity index (χ2v) is 7.46. The molecule has 1 aliphatic heterocycles. The Bertz CT molecular complexity index is 1020. The zero-order valence-corrected chi connectivity index (χ0v) is 16.8. The fourth-order valence-electron chi connectivity index (χ4n) is 3.71. The van der Waals surface area contributed by atoms with Gasteiger partial charge in [-0.2, -0.15) is 0 Å². The maximum atomic E-state index is 12.4. The van der Waals surface area contributed by atoms with E-state index in [1.54, 1.807) is 12.1 Å². The van der Waals surface area contributed by atoms with Crippen molar-refractivity contribution in [2.75, 3.05) is 28.6 Å². The highest BCUT2D eigenvalue weighted by Gasteiger charge is 2.20. The lowest BCUT2D eigenvalue weighted by Crippen LogP contribution is -2.31. The zero-order chi connectivity index (χ0) is 20.8. The molecule has 5 heteroatoms. The summed E-state index contributed by atoms with van der Waals surface area (Å²) < 4.78 is 0. The average Bonchev–Trinajstić information content (AvgIpc) is 3.17. The highest BCUT2D eigenvalue weighted by molar-refractivity contribution is 5.95. The lowest BCUT2D eigenvalue weighted by molar-refractivity contribution is -0.116. The lowest BCUT2D eigenvalue weighted by Gasteiger charge is -2.18. The molecule has 0 saturated heterocycles. The van der Waals surface area contributed by atoms with E-state index in [-0.39, 0.29) is 11.8 Å². The maximum absolute atomic E-state index is 12.4. The molecule has 152 valence electrons. The Labute approximate surface area is 176 Å². The second kappa shape index (κ2) is 9.27. The number of para-hydroxylation sites is 1. The molecule has 0 unspecified atom stereocenters. The van der Waals surface area contributed by atoms with Crippen molar-refractivity contribution in [2.45, 2.75) is 19.3 Å². The predicted molar refractivity (Wildman–Crippen MR) is 121 cm³/mol. The molecule has 0 radical (unpaired) electrons. The zero-order valence-electron chi connectivity index (χ0n) is 16.8. The van der Waals surface area contributed by atoms with Crippen LogP contribution >= 0.6 is 0 Å². The first kappa shape index (κ1) is 19.7. The quantitative estimate of drug-likeness (QED) is 0.624. The van der Waals surface area contributed by atoms with Gasteiger partial charge in [0.05, 0.1) is 6.54 Å². The standard InChI is InChI=1S/C25H25N3O2/c29-24(15-10-19-6-2-1-3-7-19)26-21-11-13-22(14-12-21)27-25(30)18-28-17-16-20-8-4-5-9-23(20)28/h1-9,11-14H,10,15-18H2,(H,26,29)(H,27,30). The summed E-state index contributed by atoms with van der Waals surface area (Å²) in [4.78, 5) is 26.7. The van der Waals surface area contributed by atoms with Crippen molar-refractivity contribution in [3.8, 4) is 0 Å². The van der Waals surface area contributed by atoms with Gasteiger partial charge < -0.3 is 15.5 Å². The van der Waals surface area contributed by atoms with Crippen LogP contribution in [-0.4, -0.2) is 24.9 Å². The number of fused-ring (bicyclic) bond motifs is 1. The van der Waals surface area contributed by atoms with Crippen molar-refractivity contribution in [3.63, 3.8) is 0 Å². The minimum atomic E-state index is -0.0497. The third-order valence-electron chi connectivity index (χ3n) is 5.25. The molecule has 5 nitrogen and oxygen atoms in total. The summed E-state index contributed by atoms with van der Waals surface area (Å²) in [5.74, 6) is -0.0744. The van der Waals surface area contributed by atoms with E-state index in [4.69, 9.17) is 0 Å². The van der Waals surface area contributed by atoms with Gasteiger partial charge in [-0.1, -0.05) is 48.5 Å². The van der Waals surface area contributed by atoms with Gasteiger partial charge in [-0.15, -0.1) is 0 Å². The Morgan fingerprint density at radius 1 is 0.767 bits per heavy atom. The number of hydrogen-bond donors (Lipinski definition) is 2. The molecule has 0 aliphatic carbocycles. The Kier molecular flexibility index (Phi) is 6.09. The fraction of sp³-hybridized carbons (Fsp3) is 0.200. The van der Waals surface area contributed by atoms with Crippen molar-refractivity contribution >= 4 is 28.9 Å². The van der Waals surface area contributed by atoms with Gasteiger partial charge >= 0.3 is 0 Å². The Morgan fingerprint density at radius 2 is 1.40 bits per heavy atom. The number of anilines is 3. The third kappa shape index (κ3) is 5.06. The van der Waals surface area contributed by atoms with E-state index < -0.39 is 0 Å². The van der Waals surface area contributed by atoms with Crippen LogP contribution in [0.1, 0.15) is 17.5 Å². The van der Waals surface area contributed by atoms with Crippen LogP contribution in [0.2, 0.25) is 0 Å². The molecule has 3 aromatic carbocycles. The van der Waals surface area contributed by atoms with Crippen molar-refractivity contribution in [1.29, 1.82) is 0 Å². The third-order valence-corrected chi connectivity index (χ3v) is 5.25. The highest BCUT2D eigenvalue weighted by atomic mass is 16.2. The Morgan fingerprint density at radius 3 is 2.13 bits per heavy atom. The van der Waals surface area contributed by atoms with Crippen LogP contribution in [0.5, 0.6) is 0 Å². The first-order chi connectivity index (χ1) is 14.7. The monoisotopic (exact) mass is 399 g/mol. The highest BCUT2D eigenvalue weighted by Crippen LogP contribution is 2.27. The summed E-state index contributed by atoms with van der Waals surface area (Å²) in [5.41, 5.74) is 5.01. The van der Waals surface area contributed by atoms with E-state index in [9.17, 15) is 9.59 Å². The summed E-state index contributed by atoms with van der Waals surface area (Å²) in [6.07, 6.45) is 2.11. The number of aryl methyl sites for hydroxylation is 1. The topological polar surface area (TPSA) is 61.4 Å². The van der Waals surface area contributed by atoms with Crippen molar-refractivity contribution in [2.24, 2.45) is 0 Å². The van der Waals surface area contributed by atoms with E-state index in [2.05, 4.69) is 27.7 Å². The van der Waals surface area contributed by atoms with E-state index in [0.29, 0.717) is 19.4 Å². The van der Waals surface area contributed by atoms with Gasteiger partial charge in [-0.3, -0.25) is 9.59 Å². The van der Waals surface area contributed by atoms with Crippen LogP contribution in [-0.2, 0) is 22.4 Å². The average molecular weight is 399 g/mol. The van der Waals surface area contributed by atoms with Crippen LogP contribution in [0, 0.1) is 0 Å². The first-order valence-electron chi connectivity index (χ1n) is 10.2. The molecule has 1 aliphatic rings. The number of nitrogens with one attached hydrogen (secondary N) is 2. The summed E-state index contributed by atoms with van der Waals surface area (Å²) in [6, 6.07) is 25.4. The van der Waals surface area contributed by atoms with Crippen LogP contribution in [0.15, 0.2) is 78.9 Å². The number of benzene rings is 3. The summed E-state index contributed by atoms with van der Waals surface area (Å²) >= 11 is 0. The van der Waals surface area contributed by atoms with E-state index in [0.717, 1.165) is 35.6 Å². The summed E-state index contributed by atoms with van der Waals surface area (Å²) in [5, 5.41) is 5.84. The molecule has 2 amide bonds. The molecule has 0 fully saturated rings. The van der Waals surface area contributed by atoms with Gasteiger partial charge in [-0.25, -0.2) is 0 Å². The number of rotatable bonds is 7. The Balaban J connectivity index is 1.25. The van der Waals surface area contributed by atoms with Crippen LogP contribution in [0.3, 0.4) is 0 Å². The summed E-state index contributed by atoms with van der Waals surface area (Å²) in [6.45, 7) is 1.19. The van der Waals surface area contributed by atoms with E-state index in [1.165, 1.54) is 5.56 Å². The molecule has 1 heterocycles. The van der Waals surface area contributed by atoms with E-state index >= 15 is 0 Å². The normalized spacial score (nSPS) is 12.3. The molecular formula is C25H25N3O2. The lowest BCUT2D eigenvalue weighted by atomic mass is 10.1. The number of nitrogens with zero attached hydrogens (tertiary/aromatic N) is 1. The summed E-state index contributed by atoms with van der Waals surface area (Å²) in [7, 11) is 0. The van der Waals surface area contributed by atoms with Gasteiger partial charge in [0, 0.05) is 30.0 Å². The van der Waals surface area contributed by atoms with Crippen LogP contribution < -0.4 is 15.5 Å². The molecular weight excluding hydrogens is 374 g/mol. The number of carbonyl (C=O) groups is 2. The van der Waals surface area contributed by atoms with Gasteiger partial charge in [0.2, 0.25) is 11.8 Å². The molecule has 0 bridgehead atoms. The molecule has 4 rings (SSSR count). The second-order valence-electron chi connectivity index (χ2n) is 7.46. The molecule has 3 aromatic rings. The smallest absolute Gasteiger partial charge is 0.243 e. The largest absolute Gasteiger partial charge is 0.362 e. The first-order valence-corrected chi connectivity index (χ1v) is 10.2. The van der Waals surface area contributed by atoms with Crippen LogP contribution in [0.4, 0.5) is 17.1 Å². The van der Waals surface area contributed by atoms with Crippen molar-refractivity contribution in [1.82, 2.24) is 0 Å². The minimum Gasteiger partial charge on any atom is -0.362 e. The SMILES string of the molecule is O=C(CCc1ccccc1)Nc1ccc(NC(=O)CN2CCc3ccccc32)cc1. The van der Waals surface area contributed by atoms with Gasteiger partial charge in [-0.05, 0) is 54.3 Å². The molecule has 2 N–H and O–H groups in total. The molecule has 0 spiro atoms. The molecule has 0 atom stereocenters. The Hall–Kier alpha value is -3.60. The van der Waals surface area contributed by atoms with Crippen molar-refractivity contribution < 1.29 is 9.59 Å². The fourth-order valence-corrected chi connectivity index (χ4v) is 3.71. The van der Waals surface area contributed by atoms with Crippen LogP contribution in [0.25, 0.3) is 0 Å². The van der Waals surface area contributed by atoms with E-state index in [1.807, 2.05) is 54.6 Å². The van der Waals surface area contributed by atoms with Gasteiger partial charge in [0.15, 0.2) is 0 Å². The van der Waals surface area contributed by atoms with Gasteiger partial charge in [0.25, 0.3) is 0 Å². The van der Waals surface area contributed by atoms with Crippen molar-refractivity contribution in [3.05, 3.63) is 90.0 Å². The number of hydrogen-bond acceptors (Lipinski definition) is 3.